The van der Waals surface area contributed by atoms with Crippen molar-refractivity contribution < 1.29 is 22.8 Å². The highest BCUT2D eigenvalue weighted by molar-refractivity contribution is 6.05. The molecule has 2 amide bonds. The Hall–Kier alpha value is -2.90. The van der Waals surface area contributed by atoms with Gasteiger partial charge < -0.3 is 10.6 Å². The van der Waals surface area contributed by atoms with Gasteiger partial charge in [-0.3, -0.25) is 9.59 Å². The van der Waals surface area contributed by atoms with Gasteiger partial charge in [0.15, 0.2) is 17.5 Å². The van der Waals surface area contributed by atoms with Crippen LogP contribution in [-0.4, -0.2) is 16.8 Å². The highest BCUT2D eigenvalue weighted by atomic mass is 19.2. The summed E-state index contributed by atoms with van der Waals surface area (Å²) in [5.41, 5.74) is -0.440. The first kappa shape index (κ1) is 15.5. The van der Waals surface area contributed by atoms with E-state index in [1.54, 1.807) is 0 Å². The second kappa shape index (κ2) is 6.25. The molecule has 0 saturated heterocycles. The first-order valence-electron chi connectivity index (χ1n) is 6.07. The maximum absolute atomic E-state index is 13.5. The van der Waals surface area contributed by atoms with Gasteiger partial charge in [0.2, 0.25) is 5.91 Å². The van der Waals surface area contributed by atoms with E-state index in [1.165, 1.54) is 25.3 Å². The molecule has 114 valence electrons. The predicted molar refractivity (Wildman–Crippen MR) is 72.8 cm³/mol. The molecule has 1 heterocycles. The van der Waals surface area contributed by atoms with Gasteiger partial charge in [0.05, 0.1) is 5.69 Å². The molecule has 1 aromatic heterocycles. The van der Waals surface area contributed by atoms with Crippen LogP contribution < -0.4 is 10.6 Å². The van der Waals surface area contributed by atoms with Crippen LogP contribution >= 0.6 is 0 Å². The molecule has 0 bridgehead atoms. The molecular weight excluding hydrogens is 299 g/mol. The minimum atomic E-state index is -1.67. The quantitative estimate of drug-likeness (QED) is 0.856. The molecule has 8 heteroatoms. The summed E-state index contributed by atoms with van der Waals surface area (Å²) >= 11 is 0. The Morgan fingerprint density at radius 3 is 2.45 bits per heavy atom. The number of halogens is 3. The van der Waals surface area contributed by atoms with Gasteiger partial charge in [-0.2, -0.15) is 0 Å². The van der Waals surface area contributed by atoms with Crippen molar-refractivity contribution in [3.63, 3.8) is 0 Å². The molecular formula is C14H10F3N3O2. The van der Waals surface area contributed by atoms with Crippen molar-refractivity contribution in [3.8, 4) is 0 Å². The van der Waals surface area contributed by atoms with Crippen LogP contribution in [0.25, 0.3) is 0 Å². The Labute approximate surface area is 123 Å². The van der Waals surface area contributed by atoms with Gasteiger partial charge in [-0.25, -0.2) is 18.2 Å². The summed E-state index contributed by atoms with van der Waals surface area (Å²) in [5.74, 6) is -5.54. The molecule has 2 rings (SSSR count). The molecule has 22 heavy (non-hydrogen) atoms. The zero-order valence-electron chi connectivity index (χ0n) is 11.3. The van der Waals surface area contributed by atoms with Crippen molar-refractivity contribution in [2.75, 3.05) is 10.6 Å². The van der Waals surface area contributed by atoms with Crippen LogP contribution in [0.5, 0.6) is 0 Å². The third kappa shape index (κ3) is 3.40. The Morgan fingerprint density at radius 2 is 1.77 bits per heavy atom. The number of carbonyl (C=O) groups is 2. The summed E-state index contributed by atoms with van der Waals surface area (Å²) in [5, 5.41) is 4.49. The molecule has 0 fully saturated rings. The first-order valence-corrected chi connectivity index (χ1v) is 6.07. The van der Waals surface area contributed by atoms with Crippen LogP contribution in [0.1, 0.15) is 17.3 Å². The molecule has 0 radical (unpaired) electrons. The lowest BCUT2D eigenvalue weighted by Gasteiger charge is -2.08. The van der Waals surface area contributed by atoms with E-state index in [-0.39, 0.29) is 17.3 Å². The normalized spacial score (nSPS) is 10.2. The number of carbonyl (C=O) groups excluding carboxylic acids is 2. The van der Waals surface area contributed by atoms with E-state index in [4.69, 9.17) is 0 Å². The van der Waals surface area contributed by atoms with Gasteiger partial charge in [0, 0.05) is 18.7 Å². The number of amides is 2. The second-order valence-corrected chi connectivity index (χ2v) is 4.29. The van der Waals surface area contributed by atoms with Crippen molar-refractivity contribution in [2.24, 2.45) is 0 Å². The minimum absolute atomic E-state index is 0.0582. The van der Waals surface area contributed by atoms with Gasteiger partial charge >= 0.3 is 0 Å². The Balaban J connectivity index is 2.23. The van der Waals surface area contributed by atoms with Crippen molar-refractivity contribution >= 4 is 23.3 Å². The number of aromatic nitrogens is 1. The molecule has 0 unspecified atom stereocenters. The van der Waals surface area contributed by atoms with E-state index in [0.717, 1.165) is 6.07 Å². The Kier molecular flexibility index (Phi) is 4.40. The molecule has 0 aliphatic carbocycles. The number of rotatable bonds is 3. The number of nitrogens with one attached hydrogen (secondary N) is 2. The van der Waals surface area contributed by atoms with Crippen LogP contribution in [0.3, 0.4) is 0 Å². The predicted octanol–water partition coefficient (Wildman–Crippen LogP) is 2.71. The van der Waals surface area contributed by atoms with Crippen molar-refractivity contribution in [1.82, 2.24) is 4.98 Å². The fraction of sp³-hybridized carbons (Fsp3) is 0.0714. The lowest BCUT2D eigenvalue weighted by atomic mass is 10.2. The smallest absolute Gasteiger partial charge is 0.255 e. The SMILES string of the molecule is CC(=O)Nc1cc(C(=O)Nc2ccc(F)c(F)c2F)ccn1. The third-order valence-corrected chi connectivity index (χ3v) is 2.61. The molecule has 5 nitrogen and oxygen atoms in total. The van der Waals surface area contributed by atoms with E-state index >= 15 is 0 Å². The van der Waals surface area contributed by atoms with Crippen LogP contribution in [0.4, 0.5) is 24.7 Å². The molecule has 0 aliphatic rings. The van der Waals surface area contributed by atoms with E-state index < -0.39 is 29.0 Å². The fourth-order valence-corrected chi connectivity index (χ4v) is 1.64. The van der Waals surface area contributed by atoms with Gasteiger partial charge in [-0.1, -0.05) is 0 Å². The summed E-state index contributed by atoms with van der Waals surface area (Å²) in [7, 11) is 0. The number of nitrogens with zero attached hydrogens (tertiary/aromatic N) is 1. The second-order valence-electron chi connectivity index (χ2n) is 4.29. The van der Waals surface area contributed by atoms with Crippen molar-refractivity contribution in [2.45, 2.75) is 6.92 Å². The number of hydrogen-bond donors (Lipinski definition) is 2. The first-order chi connectivity index (χ1) is 10.4. The van der Waals surface area contributed by atoms with Crippen molar-refractivity contribution in [1.29, 1.82) is 0 Å². The van der Waals surface area contributed by atoms with Crippen LogP contribution in [0, 0.1) is 17.5 Å². The molecule has 1 aromatic carbocycles. The minimum Gasteiger partial charge on any atom is -0.319 e. The monoisotopic (exact) mass is 309 g/mol. The van der Waals surface area contributed by atoms with Gasteiger partial charge in [-0.15, -0.1) is 0 Å². The maximum atomic E-state index is 13.5. The van der Waals surface area contributed by atoms with E-state index in [2.05, 4.69) is 15.6 Å². The van der Waals surface area contributed by atoms with E-state index in [1.807, 2.05) is 0 Å². The average Bonchev–Trinajstić information content (AvgIpc) is 2.47. The average molecular weight is 309 g/mol. The summed E-state index contributed by atoms with van der Waals surface area (Å²) in [4.78, 5) is 26.7. The van der Waals surface area contributed by atoms with Crippen LogP contribution in [0.15, 0.2) is 30.5 Å². The lowest BCUT2D eigenvalue weighted by Crippen LogP contribution is -2.15. The summed E-state index contributed by atoms with van der Waals surface area (Å²) in [6.45, 7) is 1.27. The highest BCUT2D eigenvalue weighted by Crippen LogP contribution is 2.20. The standard InChI is InChI=1S/C14H10F3N3O2/c1-7(21)19-11-6-8(4-5-18-11)14(22)20-10-3-2-9(15)12(16)13(10)17/h2-6H,1H3,(H,20,22)(H,18,19,21). The number of pyridine rings is 1. The summed E-state index contributed by atoms with van der Waals surface area (Å²) < 4.78 is 39.4. The van der Waals surface area contributed by atoms with Crippen LogP contribution in [-0.2, 0) is 4.79 Å². The highest BCUT2D eigenvalue weighted by Gasteiger charge is 2.16. The largest absolute Gasteiger partial charge is 0.319 e. The molecule has 2 N–H and O–H groups in total. The van der Waals surface area contributed by atoms with Gasteiger partial charge in [0.25, 0.3) is 5.91 Å². The van der Waals surface area contributed by atoms with E-state index in [9.17, 15) is 22.8 Å². The maximum Gasteiger partial charge on any atom is 0.255 e. The lowest BCUT2D eigenvalue weighted by molar-refractivity contribution is -0.114. The molecule has 0 atom stereocenters. The Bertz CT molecular complexity index is 750. The number of benzene rings is 1. The third-order valence-electron chi connectivity index (χ3n) is 2.61. The Morgan fingerprint density at radius 1 is 1.05 bits per heavy atom. The molecule has 0 saturated carbocycles. The van der Waals surface area contributed by atoms with Gasteiger partial charge in [-0.05, 0) is 24.3 Å². The van der Waals surface area contributed by atoms with Crippen molar-refractivity contribution in [3.05, 3.63) is 53.5 Å². The summed E-state index contributed by atoms with van der Waals surface area (Å²) in [6.07, 6.45) is 1.27. The molecule has 2 aromatic rings. The van der Waals surface area contributed by atoms with E-state index in [0.29, 0.717) is 6.07 Å². The fourth-order valence-electron chi connectivity index (χ4n) is 1.64. The number of anilines is 2. The van der Waals surface area contributed by atoms with Crippen LogP contribution in [0.2, 0.25) is 0 Å². The number of hydrogen-bond acceptors (Lipinski definition) is 3. The topological polar surface area (TPSA) is 71.1 Å². The zero-order chi connectivity index (χ0) is 16.3. The summed E-state index contributed by atoms with van der Waals surface area (Å²) in [6, 6.07) is 4.18. The molecule has 0 spiro atoms. The molecule has 0 aliphatic heterocycles. The zero-order valence-corrected chi connectivity index (χ0v) is 11.3. The van der Waals surface area contributed by atoms with Gasteiger partial charge in [0.1, 0.15) is 5.82 Å².